The second-order valence-electron chi connectivity index (χ2n) is 5.91. The summed E-state index contributed by atoms with van der Waals surface area (Å²) in [6.45, 7) is 4.41. The molecule has 0 saturated carbocycles. The number of carbonyl (C=O) groups is 2. The Balaban J connectivity index is 1.56. The third-order valence-electron chi connectivity index (χ3n) is 4.11. The van der Waals surface area contributed by atoms with Crippen LogP contribution in [0.3, 0.4) is 0 Å². The Labute approximate surface area is 155 Å². The molecule has 1 N–H and O–H groups in total. The van der Waals surface area contributed by atoms with Crippen LogP contribution in [-0.2, 0) is 4.74 Å². The molecular formula is C18H20FN5O3. The zero-order valence-electron chi connectivity index (χ0n) is 14.9. The lowest BCUT2D eigenvalue weighted by molar-refractivity contribution is 0.101. The van der Waals surface area contributed by atoms with Crippen molar-refractivity contribution in [2.24, 2.45) is 0 Å². The minimum Gasteiger partial charge on any atom is -0.450 e. The summed E-state index contributed by atoms with van der Waals surface area (Å²) >= 11 is 0. The number of piperazine rings is 1. The molecule has 0 unspecified atom stereocenters. The van der Waals surface area contributed by atoms with Crippen LogP contribution in [0.4, 0.5) is 20.7 Å². The first-order valence-corrected chi connectivity index (χ1v) is 8.64. The van der Waals surface area contributed by atoms with Gasteiger partial charge in [-0.05, 0) is 43.3 Å². The molecule has 1 fully saturated rings. The SMILES string of the molecule is CCOC(=O)N1CCN(c2ccc(C(=O)Nc3ccc(F)cc3)nn2)CC1. The second-order valence-corrected chi connectivity index (χ2v) is 5.91. The summed E-state index contributed by atoms with van der Waals surface area (Å²) in [6, 6.07) is 8.77. The molecule has 2 aromatic rings. The van der Waals surface area contributed by atoms with Crippen LogP contribution in [0.1, 0.15) is 17.4 Å². The Kier molecular flexibility index (Phi) is 5.80. The van der Waals surface area contributed by atoms with Crippen LogP contribution in [0.25, 0.3) is 0 Å². The fraction of sp³-hybridized carbons (Fsp3) is 0.333. The lowest BCUT2D eigenvalue weighted by Gasteiger charge is -2.34. The number of carbonyl (C=O) groups excluding carboxylic acids is 2. The minimum absolute atomic E-state index is 0.160. The molecule has 1 aromatic carbocycles. The molecule has 1 aliphatic rings. The minimum atomic E-state index is -0.423. The topological polar surface area (TPSA) is 87.7 Å². The quantitative estimate of drug-likeness (QED) is 0.884. The van der Waals surface area contributed by atoms with E-state index in [1.807, 2.05) is 4.90 Å². The number of benzene rings is 1. The molecule has 0 bridgehead atoms. The van der Waals surface area contributed by atoms with Crippen molar-refractivity contribution in [2.45, 2.75) is 6.92 Å². The molecule has 1 saturated heterocycles. The van der Waals surface area contributed by atoms with Crippen molar-refractivity contribution in [1.29, 1.82) is 0 Å². The molecule has 3 rings (SSSR count). The highest BCUT2D eigenvalue weighted by Gasteiger charge is 2.23. The zero-order valence-corrected chi connectivity index (χ0v) is 14.9. The third-order valence-corrected chi connectivity index (χ3v) is 4.11. The summed E-state index contributed by atoms with van der Waals surface area (Å²) in [5.74, 6) is -0.162. The molecule has 142 valence electrons. The van der Waals surface area contributed by atoms with Crippen molar-refractivity contribution in [3.63, 3.8) is 0 Å². The largest absolute Gasteiger partial charge is 0.450 e. The van der Waals surface area contributed by atoms with Gasteiger partial charge in [-0.25, -0.2) is 9.18 Å². The van der Waals surface area contributed by atoms with Gasteiger partial charge in [-0.15, -0.1) is 10.2 Å². The van der Waals surface area contributed by atoms with Crippen molar-refractivity contribution in [3.05, 3.63) is 47.9 Å². The maximum absolute atomic E-state index is 12.9. The number of halogens is 1. The van der Waals surface area contributed by atoms with Crippen LogP contribution in [0, 0.1) is 5.82 Å². The predicted octanol–water partition coefficient (Wildman–Crippen LogP) is 2.15. The summed E-state index contributed by atoms with van der Waals surface area (Å²) in [5, 5.41) is 10.7. The first-order chi connectivity index (χ1) is 13.1. The lowest BCUT2D eigenvalue weighted by atomic mass is 10.3. The van der Waals surface area contributed by atoms with Gasteiger partial charge in [-0.1, -0.05) is 0 Å². The van der Waals surface area contributed by atoms with Gasteiger partial charge >= 0.3 is 6.09 Å². The predicted molar refractivity (Wildman–Crippen MR) is 97.2 cm³/mol. The van der Waals surface area contributed by atoms with Gasteiger partial charge in [0.05, 0.1) is 6.61 Å². The van der Waals surface area contributed by atoms with E-state index in [2.05, 4.69) is 15.5 Å². The number of hydrogen-bond acceptors (Lipinski definition) is 6. The van der Waals surface area contributed by atoms with Crippen LogP contribution < -0.4 is 10.2 Å². The Morgan fingerprint density at radius 3 is 2.37 bits per heavy atom. The molecule has 0 radical (unpaired) electrons. The van der Waals surface area contributed by atoms with Crippen LogP contribution in [-0.4, -0.2) is 59.9 Å². The molecule has 8 nitrogen and oxygen atoms in total. The molecule has 2 amide bonds. The van der Waals surface area contributed by atoms with Crippen molar-refractivity contribution in [1.82, 2.24) is 15.1 Å². The number of hydrogen-bond donors (Lipinski definition) is 1. The van der Waals surface area contributed by atoms with Gasteiger partial charge in [0, 0.05) is 31.9 Å². The lowest BCUT2D eigenvalue weighted by Crippen LogP contribution is -2.49. The van der Waals surface area contributed by atoms with E-state index in [1.165, 1.54) is 24.3 Å². The van der Waals surface area contributed by atoms with Crippen LogP contribution in [0.5, 0.6) is 0 Å². The fourth-order valence-electron chi connectivity index (χ4n) is 2.68. The van der Waals surface area contributed by atoms with E-state index in [9.17, 15) is 14.0 Å². The standard InChI is InChI=1S/C18H20FN5O3/c1-2-27-18(26)24-11-9-23(10-12-24)16-8-7-15(21-22-16)17(25)20-14-5-3-13(19)4-6-14/h3-8H,2,9-12H2,1H3,(H,20,25). The molecule has 0 atom stereocenters. The average molecular weight is 373 g/mol. The van der Waals surface area contributed by atoms with E-state index in [-0.39, 0.29) is 17.6 Å². The smallest absolute Gasteiger partial charge is 0.409 e. The molecule has 27 heavy (non-hydrogen) atoms. The van der Waals surface area contributed by atoms with Crippen molar-refractivity contribution >= 4 is 23.5 Å². The van der Waals surface area contributed by atoms with E-state index in [4.69, 9.17) is 4.74 Å². The highest BCUT2D eigenvalue weighted by atomic mass is 19.1. The fourth-order valence-corrected chi connectivity index (χ4v) is 2.68. The van der Waals surface area contributed by atoms with Crippen molar-refractivity contribution in [3.8, 4) is 0 Å². The molecular weight excluding hydrogens is 353 g/mol. The summed E-state index contributed by atoms with van der Waals surface area (Å²) in [7, 11) is 0. The van der Waals surface area contributed by atoms with E-state index < -0.39 is 5.91 Å². The van der Waals surface area contributed by atoms with Gasteiger partial charge < -0.3 is 19.9 Å². The van der Waals surface area contributed by atoms with Crippen LogP contribution >= 0.6 is 0 Å². The van der Waals surface area contributed by atoms with Gasteiger partial charge in [-0.3, -0.25) is 4.79 Å². The Bertz CT molecular complexity index is 790. The van der Waals surface area contributed by atoms with Crippen molar-refractivity contribution < 1.29 is 18.7 Å². The molecule has 9 heteroatoms. The highest BCUT2D eigenvalue weighted by molar-refractivity contribution is 6.02. The van der Waals surface area contributed by atoms with Crippen molar-refractivity contribution in [2.75, 3.05) is 43.0 Å². The number of amides is 2. The molecule has 2 heterocycles. The molecule has 1 aliphatic heterocycles. The maximum atomic E-state index is 12.9. The van der Waals surface area contributed by atoms with Gasteiger partial charge in [0.15, 0.2) is 11.5 Å². The van der Waals surface area contributed by atoms with Crippen LogP contribution in [0.2, 0.25) is 0 Å². The molecule has 0 aliphatic carbocycles. The summed E-state index contributed by atoms with van der Waals surface area (Å²) < 4.78 is 17.9. The Morgan fingerprint density at radius 2 is 1.78 bits per heavy atom. The number of ether oxygens (including phenoxy) is 1. The number of rotatable bonds is 4. The first-order valence-electron chi connectivity index (χ1n) is 8.64. The molecule has 0 spiro atoms. The van der Waals surface area contributed by atoms with E-state index in [0.29, 0.717) is 44.3 Å². The van der Waals surface area contributed by atoms with Crippen LogP contribution in [0.15, 0.2) is 36.4 Å². The zero-order chi connectivity index (χ0) is 19.2. The number of nitrogens with one attached hydrogen (secondary N) is 1. The van der Waals surface area contributed by atoms with Gasteiger partial charge in [0.25, 0.3) is 5.91 Å². The van der Waals surface area contributed by atoms with Gasteiger partial charge in [0.2, 0.25) is 0 Å². The monoisotopic (exact) mass is 373 g/mol. The van der Waals surface area contributed by atoms with Gasteiger partial charge in [-0.2, -0.15) is 0 Å². The number of aromatic nitrogens is 2. The summed E-state index contributed by atoms with van der Waals surface area (Å²) in [5.41, 5.74) is 0.635. The second kappa shape index (κ2) is 8.43. The summed E-state index contributed by atoms with van der Waals surface area (Å²) in [4.78, 5) is 27.5. The highest BCUT2D eigenvalue weighted by Crippen LogP contribution is 2.14. The molecule has 1 aromatic heterocycles. The number of nitrogens with zero attached hydrogens (tertiary/aromatic N) is 4. The average Bonchev–Trinajstić information content (AvgIpc) is 2.70. The van der Waals surface area contributed by atoms with Gasteiger partial charge in [0.1, 0.15) is 5.82 Å². The third kappa shape index (κ3) is 4.69. The summed E-state index contributed by atoms with van der Waals surface area (Å²) in [6.07, 6.45) is -0.309. The van der Waals surface area contributed by atoms with E-state index in [1.54, 1.807) is 24.0 Å². The number of anilines is 2. The van der Waals surface area contributed by atoms with E-state index in [0.717, 1.165) is 0 Å². The maximum Gasteiger partial charge on any atom is 0.409 e. The first kappa shape index (κ1) is 18.6. The van der Waals surface area contributed by atoms with E-state index >= 15 is 0 Å². The Hall–Kier alpha value is -3.23. The Morgan fingerprint density at radius 1 is 1.07 bits per heavy atom. The normalized spacial score (nSPS) is 14.0.